The van der Waals surface area contributed by atoms with Crippen molar-refractivity contribution in [2.75, 3.05) is 0 Å². The zero-order valence-corrected chi connectivity index (χ0v) is 28.7. The fourth-order valence-corrected chi connectivity index (χ4v) is 8.86. The molecule has 230 valence electrons. The zero-order chi connectivity index (χ0) is 31.2. The molecule has 4 nitrogen and oxygen atoms in total. The second-order valence-corrected chi connectivity index (χ2v) is 15.0. The van der Waals surface area contributed by atoms with Gasteiger partial charge in [-0.25, -0.2) is 0 Å². The first-order valence-electron chi connectivity index (χ1n) is 16.0. The summed E-state index contributed by atoms with van der Waals surface area (Å²) in [5.41, 5.74) is 0. The van der Waals surface area contributed by atoms with Crippen LogP contribution in [0.4, 0.5) is 0 Å². The van der Waals surface area contributed by atoms with Crippen molar-refractivity contribution in [1.82, 2.24) is 0 Å². The molecule has 0 amide bonds. The Hall–Kier alpha value is -5.05. The van der Waals surface area contributed by atoms with E-state index >= 15 is 0 Å². The molecule has 0 aliphatic heterocycles. The maximum Gasteiger partial charge on any atom is 0.169 e. The first-order valence-corrected chi connectivity index (χ1v) is 19.4. The second-order valence-electron chi connectivity index (χ2n) is 11.1. The summed E-state index contributed by atoms with van der Waals surface area (Å²) in [5, 5.41) is 2.58. The lowest BCUT2D eigenvalue weighted by Crippen LogP contribution is -2.18. The molecule has 0 spiro atoms. The second kappa shape index (κ2) is 16.3. The van der Waals surface area contributed by atoms with Crippen molar-refractivity contribution >= 4 is 29.4 Å². The van der Waals surface area contributed by atoms with Gasteiger partial charge in [-0.3, -0.25) is 0 Å². The van der Waals surface area contributed by atoms with Crippen LogP contribution in [0.1, 0.15) is 12.8 Å². The van der Waals surface area contributed by atoms with Crippen LogP contribution in [0.15, 0.2) is 158 Å². The molecule has 0 bridgehead atoms. The quantitative estimate of drug-likeness (QED) is 0.0833. The Balaban J connectivity index is 1.10. The highest BCUT2D eigenvalue weighted by molar-refractivity contribution is 6.55. The van der Waals surface area contributed by atoms with E-state index in [1.165, 1.54) is 35.3 Å². The standard InChI is InChI=1S/C40H38O4Si2/c1-5-17-31(18-6-1)41-35-25-15-27-37(39(35)43-33-21-9-3-10-22-33)45-29-13-14-30-46-38-28-16-26-36(42-32-19-7-2-8-20-32)40(38)44-34-23-11-4-12-24-34/h1-12,15-28H,13-14,29-30,45-46H2. The summed E-state index contributed by atoms with van der Waals surface area (Å²) in [6.45, 7) is 0. The number of hydrogen-bond donors (Lipinski definition) is 0. The summed E-state index contributed by atoms with van der Waals surface area (Å²) in [4.78, 5) is 0. The Kier molecular flexibility index (Phi) is 11.0. The Morgan fingerprint density at radius 1 is 0.326 bits per heavy atom. The lowest BCUT2D eigenvalue weighted by molar-refractivity contribution is 0.421. The van der Waals surface area contributed by atoms with E-state index < -0.39 is 19.0 Å². The summed E-state index contributed by atoms with van der Waals surface area (Å²) < 4.78 is 25.5. The van der Waals surface area contributed by atoms with E-state index in [2.05, 4.69) is 24.3 Å². The third-order valence-electron chi connectivity index (χ3n) is 7.63. The number of hydrogen-bond acceptors (Lipinski definition) is 4. The van der Waals surface area contributed by atoms with Gasteiger partial charge < -0.3 is 18.9 Å². The highest BCUT2D eigenvalue weighted by Crippen LogP contribution is 2.35. The molecule has 0 saturated heterocycles. The van der Waals surface area contributed by atoms with Crippen LogP contribution < -0.4 is 29.3 Å². The minimum Gasteiger partial charge on any atom is -0.454 e. The SMILES string of the molecule is c1ccc(Oc2cccc([SiH2]CCCC[SiH2]c3cccc(Oc4ccccc4)c3Oc3ccccc3)c2Oc2ccccc2)cc1. The van der Waals surface area contributed by atoms with Gasteiger partial charge in [0.15, 0.2) is 23.0 Å². The van der Waals surface area contributed by atoms with Gasteiger partial charge in [-0.1, -0.05) is 122 Å². The molecule has 6 aromatic rings. The van der Waals surface area contributed by atoms with E-state index in [0.29, 0.717) is 0 Å². The average Bonchev–Trinajstić information content (AvgIpc) is 3.10. The van der Waals surface area contributed by atoms with Crippen LogP contribution >= 0.6 is 0 Å². The van der Waals surface area contributed by atoms with E-state index in [1.54, 1.807) is 0 Å². The largest absolute Gasteiger partial charge is 0.454 e. The minimum atomic E-state index is -0.579. The molecule has 6 rings (SSSR count). The van der Waals surface area contributed by atoms with E-state index in [4.69, 9.17) is 18.9 Å². The highest BCUT2D eigenvalue weighted by Gasteiger charge is 2.15. The van der Waals surface area contributed by atoms with Crippen LogP contribution in [0.3, 0.4) is 0 Å². The predicted molar refractivity (Wildman–Crippen MR) is 194 cm³/mol. The molecule has 0 aliphatic carbocycles. The van der Waals surface area contributed by atoms with Gasteiger partial charge in [0, 0.05) is 0 Å². The molecular weight excluding hydrogens is 601 g/mol. The molecule has 0 saturated carbocycles. The molecule has 0 unspecified atom stereocenters. The van der Waals surface area contributed by atoms with Crippen LogP contribution in [0.5, 0.6) is 46.0 Å². The first-order chi connectivity index (χ1) is 22.8. The summed E-state index contributed by atoms with van der Waals surface area (Å²) >= 11 is 0. The molecule has 46 heavy (non-hydrogen) atoms. The Bertz CT molecular complexity index is 1650. The van der Waals surface area contributed by atoms with E-state index in [-0.39, 0.29) is 0 Å². The lowest BCUT2D eigenvalue weighted by Gasteiger charge is -2.17. The van der Waals surface area contributed by atoms with Crippen molar-refractivity contribution in [3.8, 4) is 46.0 Å². The van der Waals surface area contributed by atoms with E-state index in [0.717, 1.165) is 46.0 Å². The topological polar surface area (TPSA) is 36.9 Å². The Morgan fingerprint density at radius 3 is 1.00 bits per heavy atom. The van der Waals surface area contributed by atoms with Crippen LogP contribution in [0.2, 0.25) is 12.1 Å². The normalized spacial score (nSPS) is 11.2. The molecule has 0 atom stereocenters. The zero-order valence-electron chi connectivity index (χ0n) is 25.9. The van der Waals surface area contributed by atoms with Crippen molar-refractivity contribution < 1.29 is 18.9 Å². The fraction of sp³-hybridized carbons (Fsp3) is 0.100. The van der Waals surface area contributed by atoms with Gasteiger partial charge in [-0.15, -0.1) is 0 Å². The molecular formula is C40H38O4Si2. The summed E-state index contributed by atoms with van der Waals surface area (Å²) in [6.07, 6.45) is 2.39. The number of benzene rings is 6. The van der Waals surface area contributed by atoms with Gasteiger partial charge in [0.25, 0.3) is 0 Å². The molecule has 0 fully saturated rings. The maximum atomic E-state index is 6.46. The van der Waals surface area contributed by atoms with Crippen molar-refractivity contribution in [3.63, 3.8) is 0 Å². The average molecular weight is 639 g/mol. The Labute approximate surface area is 276 Å². The van der Waals surface area contributed by atoms with Crippen LogP contribution in [0, 0.1) is 0 Å². The van der Waals surface area contributed by atoms with Gasteiger partial charge in [0.1, 0.15) is 23.0 Å². The Morgan fingerprint density at radius 2 is 0.652 bits per heavy atom. The molecule has 0 aromatic heterocycles. The highest BCUT2D eigenvalue weighted by atomic mass is 28.2. The fourth-order valence-electron chi connectivity index (χ4n) is 5.34. The first kappa shape index (κ1) is 31.0. The van der Waals surface area contributed by atoms with Crippen LogP contribution in [-0.2, 0) is 0 Å². The van der Waals surface area contributed by atoms with Gasteiger partial charge in [0.05, 0.1) is 19.0 Å². The third-order valence-corrected chi connectivity index (χ3v) is 11.5. The summed E-state index contributed by atoms with van der Waals surface area (Å²) in [7, 11) is -1.16. The molecule has 0 aliphatic rings. The summed E-state index contributed by atoms with van der Waals surface area (Å²) in [6, 6.07) is 54.8. The van der Waals surface area contributed by atoms with Gasteiger partial charge >= 0.3 is 0 Å². The van der Waals surface area contributed by atoms with E-state index in [9.17, 15) is 0 Å². The molecule has 6 aromatic carbocycles. The van der Waals surface area contributed by atoms with Crippen LogP contribution in [0.25, 0.3) is 0 Å². The lowest BCUT2D eigenvalue weighted by atomic mass is 10.3. The van der Waals surface area contributed by atoms with Gasteiger partial charge in [-0.05, 0) is 71.0 Å². The third kappa shape index (κ3) is 8.78. The monoisotopic (exact) mass is 638 g/mol. The van der Waals surface area contributed by atoms with Crippen molar-refractivity contribution in [2.45, 2.75) is 24.9 Å². The number of ether oxygens (including phenoxy) is 4. The predicted octanol–water partition coefficient (Wildman–Crippen LogP) is 8.76. The molecule has 0 radical (unpaired) electrons. The maximum absolute atomic E-state index is 6.46. The van der Waals surface area contributed by atoms with E-state index in [1.807, 2.05) is 133 Å². The van der Waals surface area contributed by atoms with Crippen LogP contribution in [-0.4, -0.2) is 19.0 Å². The smallest absolute Gasteiger partial charge is 0.169 e. The van der Waals surface area contributed by atoms with Crippen molar-refractivity contribution in [2.24, 2.45) is 0 Å². The molecule has 0 N–H and O–H groups in total. The number of unbranched alkanes of at least 4 members (excludes halogenated alkanes) is 1. The summed E-state index contributed by atoms with van der Waals surface area (Å²) in [5.74, 6) is 6.45. The minimum absolute atomic E-state index is 0.579. The number of para-hydroxylation sites is 6. The van der Waals surface area contributed by atoms with Gasteiger partial charge in [-0.2, -0.15) is 0 Å². The number of rotatable bonds is 15. The van der Waals surface area contributed by atoms with Crippen molar-refractivity contribution in [1.29, 1.82) is 0 Å². The molecule has 6 heteroatoms. The molecule has 0 heterocycles. The van der Waals surface area contributed by atoms with Gasteiger partial charge in [0.2, 0.25) is 0 Å². The van der Waals surface area contributed by atoms with Crippen molar-refractivity contribution in [3.05, 3.63) is 158 Å².